The number of benzene rings is 1. The molecule has 0 aliphatic rings. The van der Waals surface area contributed by atoms with Gasteiger partial charge in [-0.25, -0.2) is 9.50 Å². The molecule has 4 aromatic rings. The Morgan fingerprint density at radius 2 is 1.89 bits per heavy atom. The quantitative estimate of drug-likeness (QED) is 0.529. The number of rotatable bonds is 6. The van der Waals surface area contributed by atoms with Crippen molar-refractivity contribution >= 4 is 5.65 Å². The van der Waals surface area contributed by atoms with Crippen molar-refractivity contribution < 1.29 is 0 Å². The molecule has 3 aromatic heterocycles. The van der Waals surface area contributed by atoms with E-state index in [4.69, 9.17) is 0 Å². The Labute approximate surface area is 158 Å². The van der Waals surface area contributed by atoms with Crippen LogP contribution in [0, 0.1) is 0 Å². The summed E-state index contributed by atoms with van der Waals surface area (Å²) in [5.41, 5.74) is 5.18. The maximum atomic E-state index is 4.67. The highest BCUT2D eigenvalue weighted by molar-refractivity contribution is 5.76. The van der Waals surface area contributed by atoms with Crippen molar-refractivity contribution in [3.8, 4) is 11.1 Å². The fourth-order valence-corrected chi connectivity index (χ4v) is 3.15. The predicted molar refractivity (Wildman–Crippen MR) is 105 cm³/mol. The monoisotopic (exact) mass is 358 g/mol. The fourth-order valence-electron chi connectivity index (χ4n) is 3.15. The van der Waals surface area contributed by atoms with Crippen LogP contribution in [0.4, 0.5) is 0 Å². The summed E-state index contributed by atoms with van der Waals surface area (Å²) in [6.07, 6.45) is 12.0. The lowest BCUT2D eigenvalue weighted by atomic mass is 10.1. The minimum atomic E-state index is 0.342. The third kappa shape index (κ3) is 3.85. The molecule has 0 aliphatic heterocycles. The fraction of sp³-hybridized carbons (Fsp3) is 0.238. The van der Waals surface area contributed by atoms with E-state index in [-0.39, 0.29) is 0 Å². The number of aromatic nitrogens is 5. The van der Waals surface area contributed by atoms with Gasteiger partial charge in [0.15, 0.2) is 5.65 Å². The second kappa shape index (κ2) is 7.63. The highest BCUT2D eigenvalue weighted by atomic mass is 15.2. The van der Waals surface area contributed by atoms with E-state index in [1.54, 1.807) is 12.4 Å². The van der Waals surface area contributed by atoms with Crippen LogP contribution < -0.4 is 0 Å². The van der Waals surface area contributed by atoms with Gasteiger partial charge in [-0.2, -0.15) is 5.10 Å². The first-order valence-electron chi connectivity index (χ1n) is 9.03. The molecule has 136 valence electrons. The number of nitrogens with zero attached hydrogens (tertiary/aromatic N) is 6. The van der Waals surface area contributed by atoms with E-state index >= 15 is 0 Å². The molecule has 1 aromatic carbocycles. The van der Waals surface area contributed by atoms with Crippen LogP contribution in [0.15, 0.2) is 67.5 Å². The van der Waals surface area contributed by atoms with Crippen LogP contribution in [0.5, 0.6) is 0 Å². The summed E-state index contributed by atoms with van der Waals surface area (Å²) in [5, 5.41) is 4.49. The standard InChI is InChI=1S/C21H22N6/c1-16(10-19-12-22-8-9-23-19)26(2)14-17-11-24-21-20(13-25-27(21)15-17)18-6-4-3-5-7-18/h3-9,11-13,15-16H,10,14H2,1-2H3/t16-/m1/s1. The van der Waals surface area contributed by atoms with E-state index < -0.39 is 0 Å². The number of fused-ring (bicyclic) bond motifs is 1. The lowest BCUT2D eigenvalue weighted by Crippen LogP contribution is -2.30. The van der Waals surface area contributed by atoms with Gasteiger partial charge >= 0.3 is 0 Å². The average Bonchev–Trinajstić information content (AvgIpc) is 3.12. The zero-order chi connectivity index (χ0) is 18.6. The van der Waals surface area contributed by atoms with Crippen molar-refractivity contribution in [3.05, 3.63) is 78.8 Å². The molecule has 0 radical (unpaired) electrons. The van der Waals surface area contributed by atoms with Gasteiger partial charge in [-0.3, -0.25) is 14.9 Å². The van der Waals surface area contributed by atoms with E-state index in [1.807, 2.05) is 41.3 Å². The molecule has 0 aliphatic carbocycles. The predicted octanol–water partition coefficient (Wildman–Crippen LogP) is 3.25. The summed E-state index contributed by atoms with van der Waals surface area (Å²) >= 11 is 0. The van der Waals surface area contributed by atoms with Gasteiger partial charge in [0.1, 0.15) is 0 Å². The van der Waals surface area contributed by atoms with Gasteiger partial charge in [-0.05, 0) is 19.5 Å². The Morgan fingerprint density at radius 3 is 2.67 bits per heavy atom. The number of likely N-dealkylation sites (N-methyl/N-ethyl adjacent to an activating group) is 1. The lowest BCUT2D eigenvalue weighted by Gasteiger charge is -2.24. The Hall–Kier alpha value is -3.12. The smallest absolute Gasteiger partial charge is 0.162 e. The van der Waals surface area contributed by atoms with Crippen molar-refractivity contribution in [2.75, 3.05) is 7.05 Å². The summed E-state index contributed by atoms with van der Waals surface area (Å²) in [6.45, 7) is 2.99. The molecule has 0 unspecified atom stereocenters. The van der Waals surface area contributed by atoms with Gasteiger partial charge < -0.3 is 0 Å². The Balaban J connectivity index is 1.49. The van der Waals surface area contributed by atoms with Crippen LogP contribution in [0.1, 0.15) is 18.2 Å². The van der Waals surface area contributed by atoms with E-state index in [0.717, 1.165) is 41.0 Å². The first-order chi connectivity index (χ1) is 13.2. The SMILES string of the molecule is C[C@H](Cc1cnccn1)N(C)Cc1cnc2c(-c3ccccc3)cnn2c1. The third-order valence-electron chi connectivity index (χ3n) is 4.80. The molecule has 0 saturated heterocycles. The molecule has 0 amide bonds. The summed E-state index contributed by atoms with van der Waals surface area (Å²) in [4.78, 5) is 15.5. The topological polar surface area (TPSA) is 59.2 Å². The summed E-state index contributed by atoms with van der Waals surface area (Å²) in [5.74, 6) is 0. The maximum Gasteiger partial charge on any atom is 0.162 e. The second-order valence-corrected chi connectivity index (χ2v) is 6.82. The second-order valence-electron chi connectivity index (χ2n) is 6.82. The molecule has 0 N–H and O–H groups in total. The summed E-state index contributed by atoms with van der Waals surface area (Å²) < 4.78 is 1.86. The first-order valence-corrected chi connectivity index (χ1v) is 9.03. The molecule has 3 heterocycles. The Bertz CT molecular complexity index is 1010. The molecule has 0 spiro atoms. The molecular weight excluding hydrogens is 336 g/mol. The van der Waals surface area contributed by atoms with Crippen LogP contribution in [0.2, 0.25) is 0 Å². The van der Waals surface area contributed by atoms with Gasteiger partial charge in [0.2, 0.25) is 0 Å². The van der Waals surface area contributed by atoms with Crippen molar-refractivity contribution in [1.29, 1.82) is 0 Å². The summed E-state index contributed by atoms with van der Waals surface area (Å²) in [6, 6.07) is 10.6. The molecule has 6 heteroatoms. The van der Waals surface area contributed by atoms with E-state index in [2.05, 4.69) is 57.3 Å². The van der Waals surface area contributed by atoms with E-state index in [1.165, 1.54) is 0 Å². The van der Waals surface area contributed by atoms with Crippen molar-refractivity contribution in [3.63, 3.8) is 0 Å². The van der Waals surface area contributed by atoms with Crippen LogP contribution in [-0.2, 0) is 13.0 Å². The van der Waals surface area contributed by atoms with Crippen molar-refractivity contribution in [2.45, 2.75) is 25.9 Å². The van der Waals surface area contributed by atoms with Gasteiger partial charge in [0.05, 0.1) is 11.9 Å². The Kier molecular flexibility index (Phi) is 4.89. The molecule has 4 rings (SSSR count). The highest BCUT2D eigenvalue weighted by Crippen LogP contribution is 2.23. The van der Waals surface area contributed by atoms with Gasteiger partial charge in [0.25, 0.3) is 0 Å². The minimum absolute atomic E-state index is 0.342. The van der Waals surface area contributed by atoms with Crippen molar-refractivity contribution in [1.82, 2.24) is 29.5 Å². The molecule has 6 nitrogen and oxygen atoms in total. The van der Waals surface area contributed by atoms with Gasteiger partial charge in [-0.15, -0.1) is 0 Å². The molecule has 0 fully saturated rings. The van der Waals surface area contributed by atoms with E-state index in [9.17, 15) is 0 Å². The largest absolute Gasteiger partial charge is 0.299 e. The zero-order valence-corrected chi connectivity index (χ0v) is 15.5. The molecule has 0 saturated carbocycles. The van der Waals surface area contributed by atoms with Crippen molar-refractivity contribution in [2.24, 2.45) is 0 Å². The number of hydrogen-bond donors (Lipinski definition) is 0. The minimum Gasteiger partial charge on any atom is -0.299 e. The third-order valence-corrected chi connectivity index (χ3v) is 4.80. The average molecular weight is 358 g/mol. The van der Waals surface area contributed by atoms with Crippen LogP contribution in [-0.4, -0.2) is 42.6 Å². The maximum absolute atomic E-state index is 4.67. The van der Waals surface area contributed by atoms with E-state index in [0.29, 0.717) is 6.04 Å². The van der Waals surface area contributed by atoms with Gasteiger partial charge in [0, 0.05) is 61.1 Å². The Morgan fingerprint density at radius 1 is 1.04 bits per heavy atom. The number of hydrogen-bond acceptors (Lipinski definition) is 5. The molecule has 27 heavy (non-hydrogen) atoms. The zero-order valence-electron chi connectivity index (χ0n) is 15.5. The van der Waals surface area contributed by atoms with Gasteiger partial charge in [-0.1, -0.05) is 30.3 Å². The first kappa shape index (κ1) is 17.3. The molecular formula is C21H22N6. The lowest BCUT2D eigenvalue weighted by molar-refractivity contribution is 0.246. The molecule has 0 bridgehead atoms. The van der Waals surface area contributed by atoms with Crippen LogP contribution in [0.25, 0.3) is 16.8 Å². The molecule has 1 atom stereocenters. The normalized spacial score (nSPS) is 12.6. The van der Waals surface area contributed by atoms with Crippen LogP contribution in [0.3, 0.4) is 0 Å². The summed E-state index contributed by atoms with van der Waals surface area (Å²) in [7, 11) is 2.11. The van der Waals surface area contributed by atoms with Crippen LogP contribution >= 0.6 is 0 Å². The highest BCUT2D eigenvalue weighted by Gasteiger charge is 2.13.